The molecule has 1 aromatic carbocycles. The molecule has 29 heavy (non-hydrogen) atoms. The second-order valence-corrected chi connectivity index (χ2v) is 7.81. The number of amides is 1. The van der Waals surface area contributed by atoms with Crippen LogP contribution in [0.25, 0.3) is 11.3 Å². The molecule has 3 atom stereocenters. The van der Waals surface area contributed by atoms with E-state index in [0.717, 1.165) is 30.5 Å². The van der Waals surface area contributed by atoms with Gasteiger partial charge < -0.3 is 9.64 Å². The van der Waals surface area contributed by atoms with E-state index in [1.54, 1.807) is 18.6 Å². The number of benzene rings is 1. The highest BCUT2D eigenvalue weighted by Gasteiger charge is 2.49. The van der Waals surface area contributed by atoms with Gasteiger partial charge in [0.15, 0.2) is 5.69 Å². The molecule has 0 N–H and O–H groups in total. The Hall–Kier alpha value is -3.28. The first-order chi connectivity index (χ1) is 14.2. The van der Waals surface area contributed by atoms with Gasteiger partial charge in [0.2, 0.25) is 5.88 Å². The number of piperidine rings is 1. The zero-order valence-electron chi connectivity index (χ0n) is 16.2. The van der Waals surface area contributed by atoms with E-state index in [4.69, 9.17) is 4.74 Å². The van der Waals surface area contributed by atoms with Crippen molar-refractivity contribution in [2.24, 2.45) is 5.92 Å². The van der Waals surface area contributed by atoms with E-state index in [-0.39, 0.29) is 18.1 Å². The van der Waals surface area contributed by atoms with Crippen molar-refractivity contribution in [2.75, 3.05) is 6.54 Å². The maximum Gasteiger partial charge on any atom is 0.275 e. The monoisotopic (exact) mass is 386 g/mol. The summed E-state index contributed by atoms with van der Waals surface area (Å²) < 4.78 is 6.15. The number of pyridine rings is 1. The number of ether oxygens (including phenoxy) is 1. The number of rotatable bonds is 4. The molecular weight excluding hydrogens is 364 g/mol. The SMILES string of the molecule is Cc1ccc(OC2CC3CC2N(C(=O)c2nccnc2-c2ccccc2)C3)nc1. The first kappa shape index (κ1) is 17.8. The van der Waals surface area contributed by atoms with Gasteiger partial charge in [-0.25, -0.2) is 9.97 Å². The largest absolute Gasteiger partial charge is 0.472 e. The number of likely N-dealkylation sites (tertiary alicyclic amines) is 1. The van der Waals surface area contributed by atoms with Crippen molar-refractivity contribution < 1.29 is 9.53 Å². The van der Waals surface area contributed by atoms with Crippen molar-refractivity contribution in [3.05, 3.63) is 72.3 Å². The summed E-state index contributed by atoms with van der Waals surface area (Å²) in [5.74, 6) is 0.996. The van der Waals surface area contributed by atoms with Gasteiger partial charge in [-0.05, 0) is 31.2 Å². The van der Waals surface area contributed by atoms with Gasteiger partial charge in [-0.3, -0.25) is 9.78 Å². The average Bonchev–Trinajstić information content (AvgIpc) is 3.36. The van der Waals surface area contributed by atoms with Crippen LogP contribution in [0.3, 0.4) is 0 Å². The second-order valence-electron chi connectivity index (χ2n) is 7.81. The zero-order chi connectivity index (χ0) is 19.8. The average molecular weight is 386 g/mol. The molecule has 2 fully saturated rings. The van der Waals surface area contributed by atoms with E-state index in [1.807, 2.05) is 54.3 Å². The molecule has 1 saturated heterocycles. The van der Waals surface area contributed by atoms with Crippen molar-refractivity contribution in [1.29, 1.82) is 0 Å². The molecule has 1 saturated carbocycles. The van der Waals surface area contributed by atoms with Crippen LogP contribution in [0.5, 0.6) is 5.88 Å². The Labute approximate surface area is 169 Å². The third-order valence-corrected chi connectivity index (χ3v) is 5.79. The Balaban J connectivity index is 1.39. The summed E-state index contributed by atoms with van der Waals surface area (Å²) >= 11 is 0. The molecule has 6 nitrogen and oxygen atoms in total. The Morgan fingerprint density at radius 3 is 2.62 bits per heavy atom. The minimum atomic E-state index is -0.0744. The number of aromatic nitrogens is 3. The molecule has 1 amide bonds. The molecule has 6 heteroatoms. The molecular formula is C23H22N4O2. The highest BCUT2D eigenvalue weighted by molar-refractivity contribution is 5.98. The normalized spacial score (nSPS) is 22.7. The fraction of sp³-hybridized carbons (Fsp3) is 0.304. The number of hydrogen-bond acceptors (Lipinski definition) is 5. The van der Waals surface area contributed by atoms with Crippen LogP contribution >= 0.6 is 0 Å². The van der Waals surface area contributed by atoms with Crippen molar-refractivity contribution in [3.8, 4) is 17.1 Å². The van der Waals surface area contributed by atoms with E-state index in [1.165, 1.54) is 0 Å². The van der Waals surface area contributed by atoms with Crippen LogP contribution < -0.4 is 4.74 Å². The van der Waals surface area contributed by atoms with E-state index >= 15 is 0 Å². The zero-order valence-corrected chi connectivity index (χ0v) is 16.2. The number of nitrogens with zero attached hydrogens (tertiary/aromatic N) is 4. The lowest BCUT2D eigenvalue weighted by Crippen LogP contribution is -2.47. The Morgan fingerprint density at radius 2 is 1.86 bits per heavy atom. The lowest BCUT2D eigenvalue weighted by molar-refractivity contribution is 0.0462. The third-order valence-electron chi connectivity index (χ3n) is 5.79. The molecule has 2 aromatic heterocycles. The smallest absolute Gasteiger partial charge is 0.275 e. The van der Waals surface area contributed by atoms with Gasteiger partial charge in [-0.1, -0.05) is 36.4 Å². The number of carbonyl (C=O) groups is 1. The minimum absolute atomic E-state index is 0.0373. The number of aryl methyl sites for hydroxylation is 1. The van der Waals surface area contributed by atoms with Crippen molar-refractivity contribution in [1.82, 2.24) is 19.9 Å². The molecule has 1 aliphatic carbocycles. The van der Waals surface area contributed by atoms with Crippen LogP contribution in [0.15, 0.2) is 61.1 Å². The van der Waals surface area contributed by atoms with Gasteiger partial charge in [0, 0.05) is 36.8 Å². The quantitative estimate of drug-likeness (QED) is 0.686. The summed E-state index contributed by atoms with van der Waals surface area (Å²) in [4.78, 5) is 28.5. The summed E-state index contributed by atoms with van der Waals surface area (Å²) in [6, 6.07) is 13.7. The first-order valence-electron chi connectivity index (χ1n) is 9.96. The maximum absolute atomic E-state index is 13.4. The Bertz CT molecular complexity index is 1020. The van der Waals surface area contributed by atoms with Crippen LogP contribution in [0.4, 0.5) is 0 Å². The Kier molecular flexibility index (Phi) is 4.46. The summed E-state index contributed by atoms with van der Waals surface area (Å²) in [5.41, 5.74) is 3.01. The second kappa shape index (κ2) is 7.28. The lowest BCUT2D eigenvalue weighted by Gasteiger charge is -2.33. The molecule has 0 radical (unpaired) electrons. The molecule has 3 aromatic rings. The molecule has 146 valence electrons. The molecule has 3 unspecified atom stereocenters. The summed E-state index contributed by atoms with van der Waals surface area (Å²) in [5, 5.41) is 0. The molecule has 0 spiro atoms. The van der Waals surface area contributed by atoms with E-state index in [0.29, 0.717) is 23.2 Å². The first-order valence-corrected chi connectivity index (χ1v) is 9.96. The van der Waals surface area contributed by atoms with Gasteiger partial charge in [0.05, 0.1) is 6.04 Å². The molecule has 2 aliphatic rings. The van der Waals surface area contributed by atoms with Gasteiger partial charge in [-0.2, -0.15) is 0 Å². The summed E-state index contributed by atoms with van der Waals surface area (Å²) in [6.07, 6.45) is 6.89. The highest BCUT2D eigenvalue weighted by atomic mass is 16.5. The molecule has 3 heterocycles. The van der Waals surface area contributed by atoms with E-state index < -0.39 is 0 Å². The van der Waals surface area contributed by atoms with Gasteiger partial charge in [-0.15, -0.1) is 0 Å². The standard InChI is InChI=1S/C23H22N4O2/c1-15-7-8-20(26-13-15)29-19-12-16-11-18(19)27(14-16)23(28)22-21(24-9-10-25-22)17-5-3-2-4-6-17/h2-10,13,16,18-19H,11-12,14H2,1H3. The number of fused-ring (bicyclic) bond motifs is 2. The van der Waals surface area contributed by atoms with Gasteiger partial charge >= 0.3 is 0 Å². The van der Waals surface area contributed by atoms with Crippen molar-refractivity contribution in [3.63, 3.8) is 0 Å². The van der Waals surface area contributed by atoms with E-state index in [9.17, 15) is 4.79 Å². The topological polar surface area (TPSA) is 68.2 Å². The maximum atomic E-state index is 13.4. The van der Waals surface area contributed by atoms with Crippen LogP contribution in [0.2, 0.25) is 0 Å². The Morgan fingerprint density at radius 1 is 1.03 bits per heavy atom. The summed E-state index contributed by atoms with van der Waals surface area (Å²) in [6.45, 7) is 2.75. The van der Waals surface area contributed by atoms with Gasteiger partial charge in [0.1, 0.15) is 11.8 Å². The van der Waals surface area contributed by atoms with Crippen LogP contribution in [-0.2, 0) is 0 Å². The number of carbonyl (C=O) groups excluding carboxylic acids is 1. The van der Waals surface area contributed by atoms with E-state index in [2.05, 4.69) is 15.0 Å². The fourth-order valence-corrected chi connectivity index (χ4v) is 4.44. The molecule has 1 aliphatic heterocycles. The minimum Gasteiger partial charge on any atom is -0.472 e. The molecule has 2 bridgehead atoms. The molecule has 5 rings (SSSR count). The summed E-state index contributed by atoms with van der Waals surface area (Å²) in [7, 11) is 0. The predicted octanol–water partition coefficient (Wildman–Crippen LogP) is 3.53. The van der Waals surface area contributed by atoms with Gasteiger partial charge in [0.25, 0.3) is 5.91 Å². The predicted molar refractivity (Wildman–Crippen MR) is 108 cm³/mol. The van der Waals surface area contributed by atoms with Crippen LogP contribution in [0.1, 0.15) is 28.9 Å². The highest BCUT2D eigenvalue weighted by Crippen LogP contribution is 2.40. The van der Waals surface area contributed by atoms with Crippen molar-refractivity contribution in [2.45, 2.75) is 31.9 Å². The third kappa shape index (κ3) is 3.35. The fourth-order valence-electron chi connectivity index (χ4n) is 4.44. The van der Waals surface area contributed by atoms with Crippen LogP contribution in [-0.4, -0.2) is 44.4 Å². The lowest BCUT2D eigenvalue weighted by atomic mass is 10.1. The number of hydrogen-bond donors (Lipinski definition) is 0. The van der Waals surface area contributed by atoms with Crippen LogP contribution in [0, 0.1) is 12.8 Å². The van der Waals surface area contributed by atoms with Crippen molar-refractivity contribution >= 4 is 5.91 Å².